The number of benzene rings is 1. The summed E-state index contributed by atoms with van der Waals surface area (Å²) in [5.74, 6) is 2.73. The van der Waals surface area contributed by atoms with Gasteiger partial charge in [-0.05, 0) is 36.4 Å². The molecule has 150 valence electrons. The number of hydrogen-bond acceptors (Lipinski definition) is 8. The van der Waals surface area contributed by atoms with Gasteiger partial charge >= 0.3 is 0 Å². The van der Waals surface area contributed by atoms with Crippen LogP contribution >= 0.6 is 0 Å². The molecule has 10 nitrogen and oxygen atoms in total. The zero-order chi connectivity index (χ0) is 20.1. The molecule has 1 saturated heterocycles. The van der Waals surface area contributed by atoms with Crippen LogP contribution in [0.2, 0.25) is 0 Å². The molecule has 1 fully saturated rings. The smallest absolute Gasteiger partial charge is 0.260 e. The minimum absolute atomic E-state index is 0.0126. The minimum atomic E-state index is -0.0342. The zero-order valence-electron chi connectivity index (χ0n) is 16.0. The maximum atomic E-state index is 12.4. The second kappa shape index (κ2) is 8.55. The van der Waals surface area contributed by atoms with Crippen LogP contribution in [0.5, 0.6) is 11.5 Å². The molecule has 2 aromatic heterocycles. The molecule has 29 heavy (non-hydrogen) atoms. The third kappa shape index (κ3) is 4.42. The normalized spacial score (nSPS) is 14.0. The highest BCUT2D eigenvalue weighted by Crippen LogP contribution is 2.17. The zero-order valence-corrected chi connectivity index (χ0v) is 16.0. The first-order valence-electron chi connectivity index (χ1n) is 9.21. The second-order valence-electron chi connectivity index (χ2n) is 6.42. The van der Waals surface area contributed by atoms with Crippen molar-refractivity contribution < 1.29 is 14.3 Å². The molecule has 4 rings (SSSR count). The Morgan fingerprint density at radius 3 is 2.28 bits per heavy atom. The molecule has 1 aromatic carbocycles. The van der Waals surface area contributed by atoms with Gasteiger partial charge in [0, 0.05) is 26.2 Å². The minimum Gasteiger partial charge on any atom is -0.497 e. The number of carbonyl (C=O) groups is 1. The summed E-state index contributed by atoms with van der Waals surface area (Å²) < 4.78 is 12.2. The molecule has 0 atom stereocenters. The first kappa shape index (κ1) is 18.7. The maximum Gasteiger partial charge on any atom is 0.260 e. The summed E-state index contributed by atoms with van der Waals surface area (Å²) in [6.45, 7) is 2.60. The fourth-order valence-corrected chi connectivity index (χ4v) is 3.03. The van der Waals surface area contributed by atoms with E-state index >= 15 is 0 Å². The molecule has 1 aliphatic heterocycles. The van der Waals surface area contributed by atoms with E-state index in [-0.39, 0.29) is 12.5 Å². The van der Waals surface area contributed by atoms with Crippen molar-refractivity contribution in [3.8, 4) is 17.3 Å². The van der Waals surface area contributed by atoms with E-state index in [2.05, 4.69) is 25.2 Å². The second-order valence-corrected chi connectivity index (χ2v) is 6.42. The van der Waals surface area contributed by atoms with E-state index in [0.29, 0.717) is 37.7 Å². The number of anilines is 1. The number of ether oxygens (including phenoxy) is 2. The average Bonchev–Trinajstić information content (AvgIpc) is 3.33. The van der Waals surface area contributed by atoms with Crippen LogP contribution in [0.1, 0.15) is 0 Å². The van der Waals surface area contributed by atoms with Crippen LogP contribution in [0.3, 0.4) is 0 Å². The van der Waals surface area contributed by atoms with E-state index < -0.39 is 0 Å². The summed E-state index contributed by atoms with van der Waals surface area (Å²) in [6.07, 6.45) is 3.02. The van der Waals surface area contributed by atoms with E-state index in [1.54, 1.807) is 47.3 Å². The summed E-state index contributed by atoms with van der Waals surface area (Å²) in [7, 11) is 1.61. The summed E-state index contributed by atoms with van der Waals surface area (Å²) in [6, 6.07) is 10.9. The quantitative estimate of drug-likeness (QED) is 0.604. The van der Waals surface area contributed by atoms with Gasteiger partial charge in [-0.15, -0.1) is 10.2 Å². The van der Waals surface area contributed by atoms with Crippen molar-refractivity contribution in [2.45, 2.75) is 0 Å². The van der Waals surface area contributed by atoms with Crippen LogP contribution in [0.25, 0.3) is 5.82 Å². The Morgan fingerprint density at radius 1 is 0.966 bits per heavy atom. The van der Waals surface area contributed by atoms with Gasteiger partial charge in [-0.1, -0.05) is 0 Å². The van der Waals surface area contributed by atoms with Crippen LogP contribution in [-0.4, -0.2) is 75.7 Å². The molecule has 0 spiro atoms. The molecular formula is C19H21N7O3. The van der Waals surface area contributed by atoms with Gasteiger partial charge in [0.2, 0.25) is 0 Å². The molecular weight excluding hydrogens is 374 g/mol. The van der Waals surface area contributed by atoms with E-state index in [1.165, 1.54) is 6.33 Å². The fraction of sp³-hybridized carbons (Fsp3) is 0.316. The van der Waals surface area contributed by atoms with Gasteiger partial charge in [0.15, 0.2) is 18.2 Å². The molecule has 0 bridgehead atoms. The Morgan fingerprint density at radius 2 is 1.66 bits per heavy atom. The monoisotopic (exact) mass is 395 g/mol. The van der Waals surface area contributed by atoms with Crippen LogP contribution in [0.4, 0.5) is 5.82 Å². The van der Waals surface area contributed by atoms with Crippen molar-refractivity contribution in [3.05, 3.63) is 49.1 Å². The van der Waals surface area contributed by atoms with Gasteiger partial charge in [-0.2, -0.15) is 5.10 Å². The molecule has 0 radical (unpaired) electrons. The van der Waals surface area contributed by atoms with Gasteiger partial charge in [-0.25, -0.2) is 9.67 Å². The predicted octanol–water partition coefficient (Wildman–Crippen LogP) is 0.794. The SMILES string of the molecule is COc1ccc(OCC(=O)N2CCN(c3ccc(-n4cncn4)nn3)CC2)cc1. The van der Waals surface area contributed by atoms with Crippen molar-refractivity contribution in [1.29, 1.82) is 0 Å². The number of nitrogens with zero attached hydrogens (tertiary/aromatic N) is 7. The number of carbonyl (C=O) groups excluding carboxylic acids is 1. The summed E-state index contributed by atoms with van der Waals surface area (Å²) in [4.78, 5) is 20.2. The predicted molar refractivity (Wildman–Crippen MR) is 104 cm³/mol. The van der Waals surface area contributed by atoms with Gasteiger partial charge in [-0.3, -0.25) is 4.79 Å². The Hall–Kier alpha value is -3.69. The first-order valence-corrected chi connectivity index (χ1v) is 9.21. The number of aromatic nitrogens is 5. The molecule has 0 unspecified atom stereocenters. The van der Waals surface area contributed by atoms with Crippen molar-refractivity contribution in [1.82, 2.24) is 29.9 Å². The number of rotatable bonds is 6. The van der Waals surface area contributed by atoms with Crippen LogP contribution in [0, 0.1) is 0 Å². The lowest BCUT2D eigenvalue weighted by atomic mass is 10.3. The van der Waals surface area contributed by atoms with Crippen LogP contribution in [0.15, 0.2) is 49.1 Å². The van der Waals surface area contributed by atoms with Crippen LogP contribution in [-0.2, 0) is 4.79 Å². The molecule has 3 heterocycles. The van der Waals surface area contributed by atoms with Gasteiger partial charge in [0.05, 0.1) is 7.11 Å². The van der Waals surface area contributed by atoms with E-state index in [1.807, 2.05) is 12.1 Å². The highest BCUT2D eigenvalue weighted by molar-refractivity contribution is 5.78. The average molecular weight is 395 g/mol. The summed E-state index contributed by atoms with van der Waals surface area (Å²) in [5.41, 5.74) is 0. The van der Waals surface area contributed by atoms with Crippen molar-refractivity contribution in [2.24, 2.45) is 0 Å². The third-order valence-electron chi connectivity index (χ3n) is 4.67. The van der Waals surface area contributed by atoms with Gasteiger partial charge in [0.1, 0.15) is 24.2 Å². The first-order chi connectivity index (χ1) is 14.2. The molecule has 0 aliphatic carbocycles. The Labute approximate surface area is 167 Å². The number of piperazine rings is 1. The molecule has 1 amide bonds. The third-order valence-corrected chi connectivity index (χ3v) is 4.67. The molecule has 10 heteroatoms. The highest BCUT2D eigenvalue weighted by atomic mass is 16.5. The highest BCUT2D eigenvalue weighted by Gasteiger charge is 2.22. The van der Waals surface area contributed by atoms with Crippen molar-refractivity contribution in [2.75, 3.05) is 44.8 Å². The largest absolute Gasteiger partial charge is 0.497 e. The fourth-order valence-electron chi connectivity index (χ4n) is 3.03. The van der Waals surface area contributed by atoms with Gasteiger partial charge < -0.3 is 19.3 Å². The Bertz CT molecular complexity index is 921. The lowest BCUT2D eigenvalue weighted by Crippen LogP contribution is -2.50. The van der Waals surface area contributed by atoms with Crippen molar-refractivity contribution in [3.63, 3.8) is 0 Å². The Balaban J connectivity index is 1.26. The lowest BCUT2D eigenvalue weighted by molar-refractivity contribution is -0.133. The van der Waals surface area contributed by atoms with E-state index in [0.717, 1.165) is 11.6 Å². The number of methoxy groups -OCH3 is 1. The maximum absolute atomic E-state index is 12.4. The molecule has 0 N–H and O–H groups in total. The standard InChI is InChI=1S/C19H21N7O3/c1-28-15-2-4-16(5-3-15)29-12-19(27)25-10-8-24(9-11-25)17-6-7-18(23-22-17)26-14-20-13-21-26/h2-7,13-14H,8-12H2,1H3. The van der Waals surface area contributed by atoms with Crippen molar-refractivity contribution >= 4 is 11.7 Å². The Kier molecular flexibility index (Phi) is 5.50. The summed E-state index contributed by atoms with van der Waals surface area (Å²) in [5, 5.41) is 12.5. The summed E-state index contributed by atoms with van der Waals surface area (Å²) >= 11 is 0. The van der Waals surface area contributed by atoms with Crippen LogP contribution < -0.4 is 14.4 Å². The van der Waals surface area contributed by atoms with E-state index in [4.69, 9.17) is 9.47 Å². The topological polar surface area (TPSA) is 98.5 Å². The van der Waals surface area contributed by atoms with E-state index in [9.17, 15) is 4.79 Å². The molecule has 3 aromatic rings. The lowest BCUT2D eigenvalue weighted by Gasteiger charge is -2.35. The molecule has 0 saturated carbocycles. The number of amides is 1. The number of hydrogen-bond donors (Lipinski definition) is 0. The molecule has 1 aliphatic rings. The van der Waals surface area contributed by atoms with Gasteiger partial charge in [0.25, 0.3) is 5.91 Å².